The van der Waals surface area contributed by atoms with E-state index in [0.717, 1.165) is 31.2 Å². The van der Waals surface area contributed by atoms with Crippen molar-refractivity contribution in [3.8, 4) is 0 Å². The van der Waals surface area contributed by atoms with Gasteiger partial charge in [0.25, 0.3) is 5.91 Å². The number of amides is 2. The van der Waals surface area contributed by atoms with Crippen LogP contribution in [0.3, 0.4) is 0 Å². The lowest BCUT2D eigenvalue weighted by Gasteiger charge is -2.31. The van der Waals surface area contributed by atoms with Gasteiger partial charge in [0.15, 0.2) is 0 Å². The van der Waals surface area contributed by atoms with Crippen molar-refractivity contribution < 1.29 is 9.59 Å². The first-order valence-corrected chi connectivity index (χ1v) is 9.08. The van der Waals surface area contributed by atoms with Crippen molar-refractivity contribution in [1.29, 1.82) is 0 Å². The van der Waals surface area contributed by atoms with Crippen LogP contribution in [0.5, 0.6) is 0 Å². The van der Waals surface area contributed by atoms with Gasteiger partial charge in [-0.1, -0.05) is 6.92 Å². The van der Waals surface area contributed by atoms with E-state index in [2.05, 4.69) is 25.7 Å². The molecule has 2 aromatic heterocycles. The number of aromatic amines is 1. The Balaban J connectivity index is 1.48. The molecule has 3 N–H and O–H groups in total. The van der Waals surface area contributed by atoms with Crippen molar-refractivity contribution in [3.05, 3.63) is 36.2 Å². The molecule has 3 atom stereocenters. The summed E-state index contributed by atoms with van der Waals surface area (Å²) in [5.74, 6) is -0.206. The summed E-state index contributed by atoms with van der Waals surface area (Å²) in [6.07, 6.45) is 11.0. The molecule has 0 saturated heterocycles. The highest BCUT2D eigenvalue weighted by Gasteiger charge is 2.26. The minimum atomic E-state index is -0.149. The van der Waals surface area contributed by atoms with Crippen LogP contribution in [0.4, 0.5) is 0 Å². The van der Waals surface area contributed by atoms with Crippen molar-refractivity contribution in [2.24, 2.45) is 13.0 Å². The van der Waals surface area contributed by atoms with Crippen molar-refractivity contribution in [1.82, 2.24) is 30.4 Å². The molecular formula is C18H26N6O2. The van der Waals surface area contributed by atoms with Gasteiger partial charge in [-0.15, -0.1) is 0 Å². The molecule has 140 valence electrons. The van der Waals surface area contributed by atoms with E-state index < -0.39 is 0 Å². The summed E-state index contributed by atoms with van der Waals surface area (Å²) >= 11 is 0. The number of carbonyl (C=O) groups is 2. The highest BCUT2D eigenvalue weighted by molar-refractivity contribution is 5.92. The second kappa shape index (κ2) is 8.16. The Hall–Kier alpha value is -2.64. The maximum Gasteiger partial charge on any atom is 0.269 e. The van der Waals surface area contributed by atoms with E-state index in [1.807, 2.05) is 20.2 Å². The van der Waals surface area contributed by atoms with E-state index in [1.165, 1.54) is 12.5 Å². The van der Waals surface area contributed by atoms with Gasteiger partial charge >= 0.3 is 0 Å². The summed E-state index contributed by atoms with van der Waals surface area (Å²) in [5.41, 5.74) is 1.52. The molecule has 1 unspecified atom stereocenters. The smallest absolute Gasteiger partial charge is 0.269 e. The number of aromatic nitrogens is 4. The van der Waals surface area contributed by atoms with Crippen molar-refractivity contribution >= 4 is 11.8 Å². The average Bonchev–Trinajstić information content (AvgIpc) is 3.27. The predicted octanol–water partition coefficient (Wildman–Crippen LogP) is 1.18. The standard InChI is InChI=1S/C18H26N6O2/c1-12(6-13-8-21-24(2)10-13)17(25)22-14-4-3-5-15(7-14)23-18(26)16-9-19-11-20-16/h8-12,14-15H,3-7H2,1-2H3,(H,19,20)(H,22,25)(H,23,26)/t12?,14-,15-/m1/s1. The third-order valence-electron chi connectivity index (χ3n) is 4.85. The Bertz CT molecular complexity index is 739. The SMILES string of the molecule is CC(Cc1cnn(C)c1)C(=O)N[C@@H]1CCC[C@@H](NC(=O)c2cnc[nH]2)C1. The second-order valence-corrected chi connectivity index (χ2v) is 7.14. The monoisotopic (exact) mass is 358 g/mol. The molecule has 1 saturated carbocycles. The van der Waals surface area contributed by atoms with Gasteiger partial charge in [-0.2, -0.15) is 5.10 Å². The zero-order chi connectivity index (χ0) is 18.5. The molecule has 0 aliphatic heterocycles. The van der Waals surface area contributed by atoms with Crippen molar-refractivity contribution in [2.45, 2.75) is 51.1 Å². The number of nitrogens with zero attached hydrogens (tertiary/aromatic N) is 3. The molecule has 2 amide bonds. The number of hydrogen-bond donors (Lipinski definition) is 3. The lowest BCUT2D eigenvalue weighted by atomic mass is 9.90. The normalized spacial score (nSPS) is 21.2. The zero-order valence-electron chi connectivity index (χ0n) is 15.2. The zero-order valence-corrected chi connectivity index (χ0v) is 15.2. The highest BCUT2D eigenvalue weighted by Crippen LogP contribution is 2.20. The van der Waals surface area contributed by atoms with E-state index >= 15 is 0 Å². The molecule has 3 rings (SSSR count). The Morgan fingerprint density at radius 2 is 2.08 bits per heavy atom. The van der Waals surface area contributed by atoms with Gasteiger partial charge in [-0.25, -0.2) is 4.98 Å². The number of rotatable bonds is 6. The number of imidazole rings is 1. The van der Waals surface area contributed by atoms with Crippen LogP contribution in [0, 0.1) is 5.92 Å². The third kappa shape index (κ3) is 4.71. The Labute approximate surface area is 152 Å². The van der Waals surface area contributed by atoms with E-state index in [4.69, 9.17) is 0 Å². The van der Waals surface area contributed by atoms with Crippen LogP contribution in [0.1, 0.15) is 48.7 Å². The second-order valence-electron chi connectivity index (χ2n) is 7.14. The van der Waals surface area contributed by atoms with Crippen molar-refractivity contribution in [3.63, 3.8) is 0 Å². The van der Waals surface area contributed by atoms with Gasteiger partial charge < -0.3 is 15.6 Å². The maximum absolute atomic E-state index is 12.5. The molecule has 1 aliphatic rings. The summed E-state index contributed by atoms with van der Waals surface area (Å²) in [6.45, 7) is 1.93. The molecule has 2 heterocycles. The molecule has 0 aromatic carbocycles. The fraction of sp³-hybridized carbons (Fsp3) is 0.556. The summed E-state index contributed by atoms with van der Waals surface area (Å²) in [4.78, 5) is 31.3. The van der Waals surface area contributed by atoms with Gasteiger partial charge in [-0.3, -0.25) is 14.3 Å². The summed E-state index contributed by atoms with van der Waals surface area (Å²) in [7, 11) is 1.87. The summed E-state index contributed by atoms with van der Waals surface area (Å²) in [5, 5.41) is 10.3. The summed E-state index contributed by atoms with van der Waals surface area (Å²) in [6, 6.07) is 0.165. The number of nitrogens with one attached hydrogen (secondary N) is 3. The number of hydrogen-bond acceptors (Lipinski definition) is 4. The van der Waals surface area contributed by atoms with Gasteiger partial charge in [0, 0.05) is 31.2 Å². The average molecular weight is 358 g/mol. The van der Waals surface area contributed by atoms with E-state index in [1.54, 1.807) is 10.9 Å². The Morgan fingerprint density at radius 1 is 1.31 bits per heavy atom. The fourth-order valence-electron chi connectivity index (χ4n) is 3.46. The minimum absolute atomic E-state index is 0.0550. The van der Waals surface area contributed by atoms with Crippen LogP contribution >= 0.6 is 0 Å². The van der Waals surface area contributed by atoms with Crippen LogP contribution in [-0.2, 0) is 18.3 Å². The van der Waals surface area contributed by atoms with E-state index in [-0.39, 0.29) is 29.8 Å². The van der Waals surface area contributed by atoms with Crippen LogP contribution in [-0.4, -0.2) is 43.6 Å². The maximum atomic E-state index is 12.5. The van der Waals surface area contributed by atoms with Crippen LogP contribution in [0.2, 0.25) is 0 Å². The number of H-pyrrole nitrogens is 1. The molecule has 0 bridgehead atoms. The molecule has 8 nitrogen and oxygen atoms in total. The van der Waals surface area contributed by atoms with Gasteiger partial charge in [-0.05, 0) is 37.7 Å². The van der Waals surface area contributed by atoms with Gasteiger partial charge in [0.1, 0.15) is 5.69 Å². The first-order valence-electron chi connectivity index (χ1n) is 9.08. The molecule has 1 fully saturated rings. The molecule has 1 aliphatic carbocycles. The number of aryl methyl sites for hydroxylation is 1. The molecule has 8 heteroatoms. The highest BCUT2D eigenvalue weighted by atomic mass is 16.2. The fourth-order valence-corrected chi connectivity index (χ4v) is 3.46. The third-order valence-corrected chi connectivity index (χ3v) is 4.85. The molecule has 0 radical (unpaired) electrons. The molecular weight excluding hydrogens is 332 g/mol. The predicted molar refractivity (Wildman–Crippen MR) is 96.3 cm³/mol. The largest absolute Gasteiger partial charge is 0.353 e. The molecule has 2 aromatic rings. The number of carbonyl (C=O) groups excluding carboxylic acids is 2. The van der Waals surface area contributed by atoms with Crippen molar-refractivity contribution in [2.75, 3.05) is 0 Å². The summed E-state index contributed by atoms with van der Waals surface area (Å²) < 4.78 is 1.74. The molecule has 0 spiro atoms. The minimum Gasteiger partial charge on any atom is -0.353 e. The van der Waals surface area contributed by atoms with Crippen LogP contribution in [0.15, 0.2) is 24.9 Å². The lowest BCUT2D eigenvalue weighted by molar-refractivity contribution is -0.125. The molecule has 26 heavy (non-hydrogen) atoms. The first-order chi connectivity index (χ1) is 12.5. The topological polar surface area (TPSA) is 105 Å². The lowest BCUT2D eigenvalue weighted by Crippen LogP contribution is -2.47. The van der Waals surface area contributed by atoms with Gasteiger partial charge in [0.05, 0.1) is 18.7 Å². The van der Waals surface area contributed by atoms with Crippen LogP contribution < -0.4 is 10.6 Å². The Kier molecular flexibility index (Phi) is 5.70. The quantitative estimate of drug-likeness (QED) is 0.721. The van der Waals surface area contributed by atoms with Crippen LogP contribution in [0.25, 0.3) is 0 Å². The van der Waals surface area contributed by atoms with E-state index in [0.29, 0.717) is 12.1 Å². The Morgan fingerprint density at radius 3 is 2.73 bits per heavy atom. The van der Waals surface area contributed by atoms with Gasteiger partial charge in [0.2, 0.25) is 5.91 Å². The van der Waals surface area contributed by atoms with E-state index in [9.17, 15) is 9.59 Å². The first kappa shape index (κ1) is 18.2.